The molecule has 5 heteroatoms. The quantitative estimate of drug-likeness (QED) is 0.476. The summed E-state index contributed by atoms with van der Waals surface area (Å²) in [6.45, 7) is 2.82. The summed E-state index contributed by atoms with van der Waals surface area (Å²) in [6.07, 6.45) is 3.53. The van der Waals surface area contributed by atoms with Gasteiger partial charge in [0.2, 0.25) is 0 Å². The fourth-order valence-corrected chi connectivity index (χ4v) is 2.48. The SMILES string of the molecule is NC(=NCCOCC1CC1)NC1CCOc2ccccc21. The molecule has 0 bridgehead atoms. The molecule has 21 heavy (non-hydrogen) atoms. The van der Waals surface area contributed by atoms with E-state index in [4.69, 9.17) is 15.2 Å². The summed E-state index contributed by atoms with van der Waals surface area (Å²) in [4.78, 5) is 4.33. The zero-order valence-electron chi connectivity index (χ0n) is 12.3. The predicted molar refractivity (Wildman–Crippen MR) is 82.5 cm³/mol. The number of nitrogens with two attached hydrogens (primary N) is 1. The van der Waals surface area contributed by atoms with Crippen molar-refractivity contribution in [3.8, 4) is 5.75 Å². The Labute approximate surface area is 125 Å². The number of guanidine groups is 1. The van der Waals surface area contributed by atoms with Crippen LogP contribution in [0.3, 0.4) is 0 Å². The van der Waals surface area contributed by atoms with E-state index in [9.17, 15) is 0 Å². The lowest BCUT2D eigenvalue weighted by atomic mass is 10.0. The van der Waals surface area contributed by atoms with Crippen molar-refractivity contribution in [3.05, 3.63) is 29.8 Å². The van der Waals surface area contributed by atoms with Gasteiger partial charge in [0.1, 0.15) is 5.75 Å². The number of ether oxygens (including phenoxy) is 2. The Hall–Kier alpha value is -1.75. The molecule has 1 fully saturated rings. The molecule has 0 amide bonds. The molecule has 1 aromatic carbocycles. The van der Waals surface area contributed by atoms with Crippen LogP contribution in [0.5, 0.6) is 5.75 Å². The molecule has 0 saturated heterocycles. The normalized spacial score (nSPS) is 21.5. The molecule has 114 valence electrons. The first-order chi connectivity index (χ1) is 10.3. The van der Waals surface area contributed by atoms with Crippen molar-refractivity contribution in [2.45, 2.75) is 25.3 Å². The van der Waals surface area contributed by atoms with Crippen LogP contribution in [-0.2, 0) is 4.74 Å². The fraction of sp³-hybridized carbons (Fsp3) is 0.562. The molecule has 2 aliphatic rings. The molecule has 1 atom stereocenters. The van der Waals surface area contributed by atoms with E-state index in [-0.39, 0.29) is 6.04 Å². The van der Waals surface area contributed by atoms with Gasteiger partial charge in [-0.05, 0) is 24.8 Å². The summed E-state index contributed by atoms with van der Waals surface area (Å²) in [7, 11) is 0. The molecule has 1 aromatic rings. The minimum absolute atomic E-state index is 0.172. The molecule has 3 N–H and O–H groups in total. The van der Waals surface area contributed by atoms with Crippen molar-refractivity contribution >= 4 is 5.96 Å². The number of nitrogens with one attached hydrogen (secondary N) is 1. The number of aliphatic imine (C=N–C) groups is 1. The number of rotatable bonds is 6. The van der Waals surface area contributed by atoms with Crippen molar-refractivity contribution in [2.75, 3.05) is 26.4 Å². The summed E-state index contributed by atoms with van der Waals surface area (Å²) in [5.74, 6) is 2.21. The van der Waals surface area contributed by atoms with Crippen molar-refractivity contribution in [3.63, 3.8) is 0 Å². The molecular weight excluding hydrogens is 266 g/mol. The number of nitrogens with zero attached hydrogens (tertiary/aromatic N) is 1. The lowest BCUT2D eigenvalue weighted by Crippen LogP contribution is -2.37. The Morgan fingerprint density at radius 2 is 2.19 bits per heavy atom. The molecule has 3 rings (SSSR count). The number of benzene rings is 1. The lowest BCUT2D eigenvalue weighted by molar-refractivity contribution is 0.132. The minimum Gasteiger partial charge on any atom is -0.493 e. The molecule has 1 saturated carbocycles. The summed E-state index contributed by atoms with van der Waals surface area (Å²) < 4.78 is 11.2. The molecule has 0 spiro atoms. The largest absolute Gasteiger partial charge is 0.493 e. The predicted octanol–water partition coefficient (Wildman–Crippen LogP) is 1.84. The van der Waals surface area contributed by atoms with E-state index in [0.717, 1.165) is 30.3 Å². The van der Waals surface area contributed by atoms with Crippen LogP contribution in [-0.4, -0.2) is 32.3 Å². The highest BCUT2D eigenvalue weighted by atomic mass is 16.5. The van der Waals surface area contributed by atoms with E-state index in [2.05, 4.69) is 16.4 Å². The molecule has 1 aliphatic carbocycles. The van der Waals surface area contributed by atoms with Gasteiger partial charge in [-0.25, -0.2) is 0 Å². The number of hydrogen-bond donors (Lipinski definition) is 2. The van der Waals surface area contributed by atoms with E-state index >= 15 is 0 Å². The van der Waals surface area contributed by atoms with Crippen LogP contribution < -0.4 is 15.8 Å². The summed E-state index contributed by atoms with van der Waals surface area (Å²) in [5.41, 5.74) is 7.10. The highest BCUT2D eigenvalue weighted by molar-refractivity contribution is 5.78. The molecule has 1 heterocycles. The molecule has 0 aromatic heterocycles. The van der Waals surface area contributed by atoms with Crippen molar-refractivity contribution in [1.29, 1.82) is 0 Å². The van der Waals surface area contributed by atoms with Crippen molar-refractivity contribution < 1.29 is 9.47 Å². The van der Waals surface area contributed by atoms with E-state index in [1.165, 1.54) is 12.8 Å². The number of para-hydroxylation sites is 1. The van der Waals surface area contributed by atoms with Crippen LogP contribution in [0.4, 0.5) is 0 Å². The average Bonchev–Trinajstić information content (AvgIpc) is 3.31. The van der Waals surface area contributed by atoms with Crippen molar-refractivity contribution in [2.24, 2.45) is 16.6 Å². The van der Waals surface area contributed by atoms with Gasteiger partial charge in [-0.15, -0.1) is 0 Å². The number of hydrogen-bond acceptors (Lipinski definition) is 3. The second kappa shape index (κ2) is 6.80. The topological polar surface area (TPSA) is 68.9 Å². The Bertz CT molecular complexity index is 500. The van der Waals surface area contributed by atoms with Gasteiger partial charge >= 0.3 is 0 Å². The van der Waals surface area contributed by atoms with Crippen LogP contribution in [0.1, 0.15) is 30.9 Å². The number of fused-ring (bicyclic) bond motifs is 1. The van der Waals surface area contributed by atoms with Crippen LogP contribution in [0, 0.1) is 5.92 Å². The molecule has 0 radical (unpaired) electrons. The van der Waals surface area contributed by atoms with Gasteiger partial charge in [-0.2, -0.15) is 0 Å². The van der Waals surface area contributed by atoms with Crippen LogP contribution in [0.15, 0.2) is 29.3 Å². The Morgan fingerprint density at radius 3 is 3.05 bits per heavy atom. The smallest absolute Gasteiger partial charge is 0.189 e. The summed E-state index contributed by atoms with van der Waals surface area (Å²) in [6, 6.07) is 8.23. The second-order valence-corrected chi connectivity index (χ2v) is 5.66. The third kappa shape index (κ3) is 4.11. The fourth-order valence-electron chi connectivity index (χ4n) is 2.48. The van der Waals surface area contributed by atoms with Gasteiger partial charge < -0.3 is 20.5 Å². The van der Waals surface area contributed by atoms with Crippen LogP contribution in [0.2, 0.25) is 0 Å². The highest BCUT2D eigenvalue weighted by Crippen LogP contribution is 2.31. The average molecular weight is 289 g/mol. The third-order valence-electron chi connectivity index (χ3n) is 3.85. The Kier molecular flexibility index (Phi) is 4.60. The standard InChI is InChI=1S/C16H23N3O2/c17-16(18-8-10-20-11-12-5-6-12)19-14-7-9-21-15-4-2-1-3-13(14)15/h1-4,12,14H,5-11H2,(H3,17,18,19). The zero-order chi connectivity index (χ0) is 14.5. The maximum Gasteiger partial charge on any atom is 0.189 e. The first-order valence-corrected chi connectivity index (χ1v) is 7.69. The Morgan fingerprint density at radius 1 is 1.33 bits per heavy atom. The van der Waals surface area contributed by atoms with Crippen LogP contribution in [0.25, 0.3) is 0 Å². The highest BCUT2D eigenvalue weighted by Gasteiger charge is 2.21. The van der Waals surface area contributed by atoms with Gasteiger partial charge in [0, 0.05) is 18.6 Å². The zero-order valence-corrected chi connectivity index (χ0v) is 12.3. The summed E-state index contributed by atoms with van der Waals surface area (Å²) in [5, 5.41) is 3.28. The lowest BCUT2D eigenvalue weighted by Gasteiger charge is -2.26. The minimum atomic E-state index is 0.172. The molecular formula is C16H23N3O2. The summed E-state index contributed by atoms with van der Waals surface area (Å²) >= 11 is 0. The second-order valence-electron chi connectivity index (χ2n) is 5.66. The van der Waals surface area contributed by atoms with Gasteiger partial charge in [-0.3, -0.25) is 4.99 Å². The van der Waals surface area contributed by atoms with Crippen molar-refractivity contribution in [1.82, 2.24) is 5.32 Å². The van der Waals surface area contributed by atoms with E-state index in [0.29, 0.717) is 25.7 Å². The van der Waals surface area contributed by atoms with Gasteiger partial charge in [0.05, 0.1) is 25.8 Å². The maximum atomic E-state index is 5.96. The van der Waals surface area contributed by atoms with E-state index < -0.39 is 0 Å². The first-order valence-electron chi connectivity index (χ1n) is 7.69. The molecule has 1 aliphatic heterocycles. The third-order valence-corrected chi connectivity index (χ3v) is 3.85. The maximum absolute atomic E-state index is 5.96. The first kappa shape index (κ1) is 14.2. The van der Waals surface area contributed by atoms with Gasteiger partial charge in [0.15, 0.2) is 5.96 Å². The van der Waals surface area contributed by atoms with Crippen LogP contribution >= 0.6 is 0 Å². The van der Waals surface area contributed by atoms with Gasteiger partial charge in [0.25, 0.3) is 0 Å². The van der Waals surface area contributed by atoms with E-state index in [1.54, 1.807) is 0 Å². The van der Waals surface area contributed by atoms with Gasteiger partial charge in [-0.1, -0.05) is 18.2 Å². The van der Waals surface area contributed by atoms with E-state index in [1.807, 2.05) is 18.2 Å². The Balaban J connectivity index is 1.46. The molecule has 1 unspecified atom stereocenters. The molecule has 5 nitrogen and oxygen atoms in total. The monoisotopic (exact) mass is 289 g/mol.